The number of nitrogens with zero attached hydrogens (tertiary/aromatic N) is 1. The van der Waals surface area contributed by atoms with Crippen molar-refractivity contribution < 1.29 is 42.9 Å². The first-order valence-electron chi connectivity index (χ1n) is 37.7. The maximum absolute atomic E-state index is 12.9. The molecule has 9 nitrogen and oxygen atoms in total. The van der Waals surface area contributed by atoms with E-state index in [-0.39, 0.29) is 32.2 Å². The molecular weight excluding hydrogens is 1130 g/mol. The SMILES string of the molecule is CC/C=C\C/C=C\C/C=C\C/C=C\C/C=C\C/C=C\C/C=C\CCCCCCCC(=O)OC(COC(=O)CCCCCCCCCCCCCCCCCCCCCCCCCC/C=C\C/C=C\C/C=C\CCCCCCC)COC(OCC[N+](C)(C)C)C(=O)O. The first-order valence-corrected chi connectivity index (χ1v) is 37.7. The van der Waals surface area contributed by atoms with Gasteiger partial charge in [-0.05, 0) is 109 Å². The van der Waals surface area contributed by atoms with Crippen molar-refractivity contribution in [2.75, 3.05) is 47.5 Å². The van der Waals surface area contributed by atoms with E-state index in [1.54, 1.807) is 0 Å². The minimum Gasteiger partial charge on any atom is -0.477 e. The van der Waals surface area contributed by atoms with Gasteiger partial charge in [-0.15, -0.1) is 0 Å². The number of aliphatic carboxylic acids is 1. The molecule has 0 aromatic heterocycles. The van der Waals surface area contributed by atoms with Gasteiger partial charge < -0.3 is 28.5 Å². The summed E-state index contributed by atoms with van der Waals surface area (Å²) in [7, 11) is 5.97. The zero-order valence-corrected chi connectivity index (χ0v) is 59.7. The van der Waals surface area contributed by atoms with Crippen molar-refractivity contribution in [1.29, 1.82) is 0 Å². The zero-order valence-electron chi connectivity index (χ0n) is 59.7. The molecule has 0 bridgehead atoms. The van der Waals surface area contributed by atoms with Gasteiger partial charge in [0.25, 0.3) is 6.29 Å². The van der Waals surface area contributed by atoms with E-state index in [0.29, 0.717) is 23.9 Å². The number of quaternary nitrogens is 1. The third-order valence-electron chi connectivity index (χ3n) is 16.2. The molecule has 0 aromatic carbocycles. The number of likely N-dealkylation sites (N-methyl/N-ethyl adjacent to an activating group) is 1. The Morgan fingerprint density at radius 1 is 0.341 bits per heavy atom. The molecule has 2 unspecified atom stereocenters. The number of unbranched alkanes of at least 4 members (excludes halogenated alkanes) is 34. The van der Waals surface area contributed by atoms with E-state index in [9.17, 15) is 19.5 Å². The molecule has 0 heterocycles. The van der Waals surface area contributed by atoms with Crippen LogP contribution >= 0.6 is 0 Å². The van der Waals surface area contributed by atoms with Crippen LogP contribution in [0.25, 0.3) is 0 Å². The highest BCUT2D eigenvalue weighted by Crippen LogP contribution is 2.18. The molecule has 0 aliphatic carbocycles. The summed E-state index contributed by atoms with van der Waals surface area (Å²) in [6, 6.07) is 0. The van der Waals surface area contributed by atoms with Gasteiger partial charge in [0, 0.05) is 12.8 Å². The lowest BCUT2D eigenvalue weighted by Crippen LogP contribution is -2.40. The lowest BCUT2D eigenvalue weighted by Gasteiger charge is -2.25. The standard InChI is InChI=1S/C82H141NO8/c1-6-8-10-12-14-16-18-20-22-24-26-28-30-32-34-35-36-37-38-39-40-41-42-43-44-45-47-48-50-52-54-56-58-60-62-64-66-68-70-72-79(84)89-76-78(77-90-82(81(86)87)88-75-74-83(3,4)5)91-80(85)73-71-69-67-65-63-61-59-57-55-53-51-49-46-33-31-29-27-25-23-21-19-17-15-13-11-9-7-2/h9,11,15,17-18,20-21,23-24,26-27,29-30,32-33,46,51,53,57,59,78,82H,6-8,10,12-14,16,19,22,25,28,31,34-45,47-50,52,54-56,58,60-77H2,1-5H3/p+1/b11-9-,17-15-,20-18-,23-21-,26-24-,29-27-,32-30-,46-33-,53-51-,59-57-. The number of hydrogen-bond donors (Lipinski definition) is 1. The van der Waals surface area contributed by atoms with Gasteiger partial charge in [0.05, 0.1) is 34.4 Å². The predicted octanol–water partition coefficient (Wildman–Crippen LogP) is 23.9. The Bertz CT molecular complexity index is 1910. The van der Waals surface area contributed by atoms with E-state index >= 15 is 0 Å². The average molecular weight is 1270 g/mol. The summed E-state index contributed by atoms with van der Waals surface area (Å²) < 4.78 is 23.0. The number of hydrogen-bond acceptors (Lipinski definition) is 7. The first kappa shape index (κ1) is 86.7. The maximum atomic E-state index is 12.9. The number of carboxylic acid groups (broad SMARTS) is 1. The van der Waals surface area contributed by atoms with Gasteiger partial charge in [-0.25, -0.2) is 4.79 Å². The molecule has 0 radical (unpaired) electrons. The molecule has 0 fully saturated rings. The summed E-state index contributed by atoms with van der Waals surface area (Å²) in [6.45, 7) is 4.75. The Morgan fingerprint density at radius 3 is 0.934 bits per heavy atom. The molecule has 0 saturated heterocycles. The van der Waals surface area contributed by atoms with Crippen LogP contribution in [-0.2, 0) is 33.3 Å². The summed E-state index contributed by atoms with van der Waals surface area (Å²) in [5.41, 5.74) is 0. The second kappa shape index (κ2) is 71.5. The molecule has 0 rings (SSSR count). The van der Waals surface area contributed by atoms with Crippen molar-refractivity contribution in [3.8, 4) is 0 Å². The topological polar surface area (TPSA) is 108 Å². The maximum Gasteiger partial charge on any atom is 0.361 e. The normalized spacial score (nSPS) is 13.4. The van der Waals surface area contributed by atoms with Crippen LogP contribution in [0.15, 0.2) is 122 Å². The Labute approximate surface area is 561 Å². The molecule has 0 aliphatic rings. The lowest BCUT2D eigenvalue weighted by molar-refractivity contribution is -0.870. The van der Waals surface area contributed by atoms with Crippen LogP contribution in [-0.4, -0.2) is 87.4 Å². The quantitative estimate of drug-likeness (QED) is 0.0211. The van der Waals surface area contributed by atoms with E-state index in [1.165, 1.54) is 180 Å². The average Bonchev–Trinajstić information content (AvgIpc) is 3.46. The fourth-order valence-electron chi connectivity index (χ4n) is 10.5. The van der Waals surface area contributed by atoms with Gasteiger partial charge in [-0.1, -0.05) is 322 Å². The van der Waals surface area contributed by atoms with Crippen LogP contribution in [0, 0.1) is 0 Å². The molecule has 0 aromatic rings. The van der Waals surface area contributed by atoms with Gasteiger partial charge in [0.15, 0.2) is 6.10 Å². The highest BCUT2D eigenvalue weighted by Gasteiger charge is 2.25. The van der Waals surface area contributed by atoms with Gasteiger partial charge >= 0.3 is 17.9 Å². The number of carbonyl (C=O) groups is 3. The Balaban J connectivity index is 4.06. The van der Waals surface area contributed by atoms with Crippen LogP contribution in [0.2, 0.25) is 0 Å². The molecule has 0 aliphatic heterocycles. The molecule has 0 saturated carbocycles. The molecule has 9 heteroatoms. The number of carboxylic acids is 1. The van der Waals surface area contributed by atoms with Crippen LogP contribution in [0.4, 0.5) is 0 Å². The van der Waals surface area contributed by atoms with E-state index in [1.807, 2.05) is 21.1 Å². The van der Waals surface area contributed by atoms with Crippen molar-refractivity contribution in [2.45, 2.75) is 334 Å². The van der Waals surface area contributed by atoms with Gasteiger partial charge in [0.2, 0.25) is 0 Å². The summed E-state index contributed by atoms with van der Waals surface area (Å²) in [4.78, 5) is 37.7. The number of ether oxygens (including phenoxy) is 4. The number of allylic oxidation sites excluding steroid dienone is 20. The van der Waals surface area contributed by atoms with E-state index in [2.05, 4.69) is 135 Å². The predicted molar refractivity (Wildman–Crippen MR) is 391 cm³/mol. The Hall–Kier alpha value is -4.31. The van der Waals surface area contributed by atoms with Crippen molar-refractivity contribution in [3.63, 3.8) is 0 Å². The van der Waals surface area contributed by atoms with Crippen LogP contribution in [0.1, 0.15) is 322 Å². The van der Waals surface area contributed by atoms with E-state index in [4.69, 9.17) is 18.9 Å². The summed E-state index contributed by atoms with van der Waals surface area (Å²) in [6.07, 6.45) is 99.1. The van der Waals surface area contributed by atoms with Crippen molar-refractivity contribution in [3.05, 3.63) is 122 Å². The largest absolute Gasteiger partial charge is 0.477 e. The molecule has 91 heavy (non-hydrogen) atoms. The number of rotatable bonds is 69. The van der Waals surface area contributed by atoms with Crippen LogP contribution in [0.5, 0.6) is 0 Å². The van der Waals surface area contributed by atoms with Crippen LogP contribution < -0.4 is 0 Å². The Morgan fingerprint density at radius 2 is 0.626 bits per heavy atom. The summed E-state index contributed by atoms with van der Waals surface area (Å²) >= 11 is 0. The van der Waals surface area contributed by atoms with Crippen molar-refractivity contribution >= 4 is 17.9 Å². The first-order chi connectivity index (χ1) is 44.6. The van der Waals surface area contributed by atoms with Crippen LogP contribution in [0.3, 0.4) is 0 Å². The number of carbonyl (C=O) groups excluding carboxylic acids is 2. The fourth-order valence-corrected chi connectivity index (χ4v) is 10.5. The minimum absolute atomic E-state index is 0.179. The second-order valence-corrected chi connectivity index (χ2v) is 26.2. The molecule has 1 N–H and O–H groups in total. The zero-order chi connectivity index (χ0) is 66.1. The number of esters is 2. The Kier molecular flexibility index (Phi) is 68.1. The van der Waals surface area contributed by atoms with Gasteiger partial charge in [-0.3, -0.25) is 9.59 Å². The monoisotopic (exact) mass is 1270 g/mol. The highest BCUT2D eigenvalue weighted by molar-refractivity contribution is 5.71. The van der Waals surface area contributed by atoms with E-state index in [0.717, 1.165) is 109 Å². The molecule has 0 amide bonds. The fraction of sp³-hybridized carbons (Fsp3) is 0.720. The second-order valence-electron chi connectivity index (χ2n) is 26.2. The minimum atomic E-state index is -1.52. The third kappa shape index (κ3) is 73.0. The van der Waals surface area contributed by atoms with Crippen molar-refractivity contribution in [1.82, 2.24) is 0 Å². The third-order valence-corrected chi connectivity index (χ3v) is 16.2. The molecule has 0 spiro atoms. The molecule has 2 atom stereocenters. The summed E-state index contributed by atoms with van der Waals surface area (Å²) in [5.74, 6) is -2.03. The van der Waals surface area contributed by atoms with Crippen molar-refractivity contribution in [2.24, 2.45) is 0 Å². The molecular formula is C82H142NO8+. The van der Waals surface area contributed by atoms with Gasteiger partial charge in [-0.2, -0.15) is 0 Å². The highest BCUT2D eigenvalue weighted by atomic mass is 16.7. The van der Waals surface area contributed by atoms with E-state index < -0.39 is 24.3 Å². The van der Waals surface area contributed by atoms with Gasteiger partial charge in [0.1, 0.15) is 13.2 Å². The lowest BCUT2D eigenvalue weighted by atomic mass is 10.0. The smallest absolute Gasteiger partial charge is 0.361 e. The summed E-state index contributed by atoms with van der Waals surface area (Å²) in [5, 5.41) is 9.76. The molecule has 522 valence electrons.